The molecule has 2 fully saturated rings. The summed E-state index contributed by atoms with van der Waals surface area (Å²) in [5.74, 6) is 1.28. The maximum absolute atomic E-state index is 5.86. The Hall–Kier alpha value is -1.78. The second-order valence-electron chi connectivity index (χ2n) is 7.31. The van der Waals surface area contributed by atoms with E-state index in [9.17, 15) is 0 Å². The highest BCUT2D eigenvalue weighted by Crippen LogP contribution is 2.30. The molecule has 128 valence electrons. The summed E-state index contributed by atoms with van der Waals surface area (Å²) in [6.45, 7) is 6.13. The second kappa shape index (κ2) is 6.26. The van der Waals surface area contributed by atoms with Crippen LogP contribution in [0.4, 0.5) is 5.69 Å². The van der Waals surface area contributed by atoms with Crippen molar-refractivity contribution in [2.24, 2.45) is 5.92 Å². The molecule has 0 radical (unpaired) electrons. The summed E-state index contributed by atoms with van der Waals surface area (Å²) in [7, 11) is 0. The first-order valence-electron chi connectivity index (χ1n) is 8.80. The molecule has 0 unspecified atom stereocenters. The van der Waals surface area contributed by atoms with Gasteiger partial charge in [0.1, 0.15) is 11.9 Å². The Morgan fingerprint density at radius 2 is 1.92 bits per heavy atom. The normalized spacial score (nSPS) is 22.7. The zero-order valence-corrected chi connectivity index (χ0v) is 14.4. The minimum atomic E-state index is -0.466. The number of nitrogens with one attached hydrogen (secondary N) is 1. The first kappa shape index (κ1) is 15.7. The van der Waals surface area contributed by atoms with Gasteiger partial charge >= 0.3 is 0 Å². The van der Waals surface area contributed by atoms with Crippen molar-refractivity contribution >= 4 is 16.5 Å². The highest BCUT2D eigenvalue weighted by atomic mass is 16.7. The molecular weight excluding hydrogens is 302 g/mol. The Kier molecular flexibility index (Phi) is 4.10. The van der Waals surface area contributed by atoms with Crippen LogP contribution in [-0.4, -0.2) is 31.6 Å². The third-order valence-corrected chi connectivity index (χ3v) is 4.60. The van der Waals surface area contributed by atoms with Crippen molar-refractivity contribution in [1.29, 1.82) is 0 Å². The highest BCUT2D eigenvalue weighted by molar-refractivity contribution is 5.86. The lowest BCUT2D eigenvalue weighted by Crippen LogP contribution is -2.25. The van der Waals surface area contributed by atoms with E-state index in [2.05, 4.69) is 41.7 Å². The van der Waals surface area contributed by atoms with Gasteiger partial charge in [0.2, 0.25) is 0 Å². The molecule has 0 aromatic heterocycles. The predicted octanol–water partition coefficient (Wildman–Crippen LogP) is 4.19. The van der Waals surface area contributed by atoms with Crippen molar-refractivity contribution in [2.75, 3.05) is 25.1 Å². The Balaban J connectivity index is 1.38. The zero-order valence-electron chi connectivity index (χ0n) is 14.4. The first-order valence-corrected chi connectivity index (χ1v) is 8.80. The Morgan fingerprint density at radius 3 is 2.67 bits per heavy atom. The molecule has 1 saturated carbocycles. The van der Waals surface area contributed by atoms with E-state index in [-0.39, 0.29) is 6.10 Å². The van der Waals surface area contributed by atoms with Gasteiger partial charge in [0.05, 0.1) is 13.2 Å². The summed E-state index contributed by atoms with van der Waals surface area (Å²) < 4.78 is 17.3. The molecule has 2 aliphatic rings. The summed E-state index contributed by atoms with van der Waals surface area (Å²) in [5, 5.41) is 5.86. The molecule has 0 amide bonds. The average molecular weight is 327 g/mol. The molecule has 24 heavy (non-hydrogen) atoms. The van der Waals surface area contributed by atoms with Gasteiger partial charge in [0.15, 0.2) is 5.79 Å². The van der Waals surface area contributed by atoms with Crippen LogP contribution in [0.1, 0.15) is 26.7 Å². The lowest BCUT2D eigenvalue weighted by atomic mass is 10.1. The van der Waals surface area contributed by atoms with Crippen LogP contribution in [0.2, 0.25) is 0 Å². The van der Waals surface area contributed by atoms with E-state index < -0.39 is 5.79 Å². The van der Waals surface area contributed by atoms with Gasteiger partial charge in [-0.25, -0.2) is 0 Å². The van der Waals surface area contributed by atoms with Crippen molar-refractivity contribution in [3.63, 3.8) is 0 Å². The monoisotopic (exact) mass is 327 g/mol. The number of benzene rings is 2. The van der Waals surface area contributed by atoms with Crippen molar-refractivity contribution in [3.8, 4) is 5.75 Å². The third kappa shape index (κ3) is 3.82. The van der Waals surface area contributed by atoms with E-state index in [4.69, 9.17) is 14.2 Å². The van der Waals surface area contributed by atoms with Gasteiger partial charge in [-0.1, -0.05) is 12.1 Å². The molecule has 4 heteroatoms. The fourth-order valence-corrected chi connectivity index (χ4v) is 3.02. The van der Waals surface area contributed by atoms with E-state index >= 15 is 0 Å². The minimum absolute atomic E-state index is 0.0916. The molecule has 1 N–H and O–H groups in total. The number of ether oxygens (including phenoxy) is 3. The maximum atomic E-state index is 5.86. The largest absolute Gasteiger partial charge is 0.493 e. The van der Waals surface area contributed by atoms with E-state index in [1.807, 2.05) is 13.8 Å². The Morgan fingerprint density at radius 1 is 1.12 bits per heavy atom. The van der Waals surface area contributed by atoms with Gasteiger partial charge in [-0.3, -0.25) is 0 Å². The fourth-order valence-electron chi connectivity index (χ4n) is 3.02. The van der Waals surface area contributed by atoms with Crippen LogP contribution in [0.25, 0.3) is 10.8 Å². The molecule has 1 heterocycles. The molecule has 1 aliphatic heterocycles. The third-order valence-electron chi connectivity index (χ3n) is 4.60. The number of rotatable bonds is 6. The van der Waals surface area contributed by atoms with Crippen LogP contribution in [0, 0.1) is 5.92 Å². The lowest BCUT2D eigenvalue weighted by Gasteiger charge is -2.17. The molecule has 1 saturated heterocycles. The molecule has 4 nitrogen and oxygen atoms in total. The van der Waals surface area contributed by atoms with Crippen LogP contribution in [0.5, 0.6) is 5.75 Å². The summed E-state index contributed by atoms with van der Waals surface area (Å²) >= 11 is 0. The molecule has 1 aliphatic carbocycles. The average Bonchev–Trinajstić information content (AvgIpc) is 3.33. The first-order chi connectivity index (χ1) is 11.6. The van der Waals surface area contributed by atoms with Gasteiger partial charge in [-0.15, -0.1) is 0 Å². The van der Waals surface area contributed by atoms with Crippen LogP contribution in [0.15, 0.2) is 36.4 Å². The number of fused-ring (bicyclic) bond motifs is 1. The van der Waals surface area contributed by atoms with Crippen LogP contribution in [-0.2, 0) is 9.47 Å². The van der Waals surface area contributed by atoms with Crippen LogP contribution >= 0.6 is 0 Å². The number of anilines is 1. The molecule has 1 atom stereocenters. The van der Waals surface area contributed by atoms with Gasteiger partial charge < -0.3 is 19.5 Å². The topological polar surface area (TPSA) is 39.7 Å². The van der Waals surface area contributed by atoms with Crippen molar-refractivity contribution < 1.29 is 14.2 Å². The molecule has 2 aromatic rings. The fraction of sp³-hybridized carbons (Fsp3) is 0.500. The van der Waals surface area contributed by atoms with E-state index in [1.54, 1.807) is 0 Å². The Labute approximate surface area is 143 Å². The molecule has 4 rings (SSSR count). The van der Waals surface area contributed by atoms with Crippen molar-refractivity contribution in [3.05, 3.63) is 36.4 Å². The quantitative estimate of drug-likeness (QED) is 0.863. The summed E-state index contributed by atoms with van der Waals surface area (Å²) in [4.78, 5) is 0. The summed E-state index contributed by atoms with van der Waals surface area (Å²) in [6, 6.07) is 12.7. The molecule has 0 bridgehead atoms. The lowest BCUT2D eigenvalue weighted by molar-refractivity contribution is -0.136. The number of hydrogen-bond donors (Lipinski definition) is 1. The number of hydrogen-bond acceptors (Lipinski definition) is 4. The summed E-state index contributed by atoms with van der Waals surface area (Å²) in [5.41, 5.74) is 1.10. The summed E-state index contributed by atoms with van der Waals surface area (Å²) in [6.07, 6.45) is 2.72. The highest BCUT2D eigenvalue weighted by Gasteiger charge is 2.32. The van der Waals surface area contributed by atoms with Crippen molar-refractivity contribution in [2.45, 2.75) is 38.6 Å². The Bertz CT molecular complexity index is 724. The second-order valence-corrected chi connectivity index (χ2v) is 7.31. The molecule has 0 spiro atoms. The van der Waals surface area contributed by atoms with E-state index in [1.165, 1.54) is 23.6 Å². The van der Waals surface area contributed by atoms with E-state index in [0.717, 1.165) is 30.5 Å². The van der Waals surface area contributed by atoms with Crippen molar-refractivity contribution in [1.82, 2.24) is 0 Å². The minimum Gasteiger partial charge on any atom is -0.493 e. The smallest absolute Gasteiger partial charge is 0.163 e. The maximum Gasteiger partial charge on any atom is 0.163 e. The van der Waals surface area contributed by atoms with Gasteiger partial charge in [0.25, 0.3) is 0 Å². The molecule has 2 aromatic carbocycles. The van der Waals surface area contributed by atoms with Gasteiger partial charge in [-0.2, -0.15) is 0 Å². The van der Waals surface area contributed by atoms with Gasteiger partial charge in [0, 0.05) is 12.2 Å². The van der Waals surface area contributed by atoms with Gasteiger partial charge in [-0.05, 0) is 67.6 Å². The standard InChI is InChI=1S/C20H25NO3/c1-20(2)23-13-19(24-20)11-21-17-7-5-16-10-18(8-6-15(16)9-17)22-12-14-3-4-14/h5-10,14,19,21H,3-4,11-13H2,1-2H3/t19-/m1/s1. The zero-order chi connectivity index (χ0) is 16.6. The SMILES string of the molecule is CC1(C)OC[C@@H](CNc2ccc3cc(OCC4CC4)ccc3c2)O1. The molecular formula is C20H25NO3. The van der Waals surface area contributed by atoms with Crippen LogP contribution in [0.3, 0.4) is 0 Å². The van der Waals surface area contributed by atoms with Crippen LogP contribution < -0.4 is 10.1 Å². The predicted molar refractivity (Wildman–Crippen MR) is 95.6 cm³/mol. The van der Waals surface area contributed by atoms with E-state index in [0.29, 0.717) is 6.61 Å².